The highest BCUT2D eigenvalue weighted by Crippen LogP contribution is 2.33. The number of rotatable bonds is 5. The zero-order valence-electron chi connectivity index (χ0n) is 16.2. The largest absolute Gasteiger partial charge is 0.313 e. The predicted octanol–water partition coefficient (Wildman–Crippen LogP) is 4.04. The fraction of sp³-hybridized carbons (Fsp3) is 0.391. The average molecular weight is 395 g/mol. The number of benzene rings is 2. The number of fused-ring (bicyclic) bond motifs is 3. The number of nitrogens with zero attached hydrogens (tertiary/aromatic N) is 1. The Morgan fingerprint density at radius 3 is 2.57 bits per heavy atom. The Morgan fingerprint density at radius 2 is 1.82 bits per heavy atom. The van der Waals surface area contributed by atoms with E-state index in [1.54, 1.807) is 18.3 Å². The van der Waals surface area contributed by atoms with Gasteiger partial charge in [0.05, 0.1) is 10.4 Å². The molecule has 1 aromatic heterocycles. The Bertz CT molecular complexity index is 1130. The third-order valence-corrected chi connectivity index (χ3v) is 7.93. The first-order chi connectivity index (χ1) is 13.5. The number of nitrogens with one attached hydrogen (secondary N) is 1. The molecule has 1 unspecified atom stereocenters. The van der Waals surface area contributed by atoms with Crippen LogP contribution in [0.3, 0.4) is 0 Å². The Labute approximate surface area is 166 Å². The summed E-state index contributed by atoms with van der Waals surface area (Å²) in [6.45, 7) is 3.08. The molecular weight excluding hydrogens is 368 g/mol. The van der Waals surface area contributed by atoms with Gasteiger partial charge < -0.3 is 5.32 Å². The van der Waals surface area contributed by atoms with Crippen LogP contribution in [0.5, 0.6) is 0 Å². The van der Waals surface area contributed by atoms with E-state index in [4.69, 9.17) is 0 Å². The molecule has 28 heavy (non-hydrogen) atoms. The summed E-state index contributed by atoms with van der Waals surface area (Å²) in [6, 6.07) is 13.6. The van der Waals surface area contributed by atoms with Crippen molar-refractivity contribution in [1.82, 2.24) is 9.29 Å². The highest BCUT2D eigenvalue weighted by atomic mass is 32.2. The molecule has 1 saturated carbocycles. The first-order valence-electron chi connectivity index (χ1n) is 10.2. The molecule has 4 nitrogen and oxygen atoms in total. The summed E-state index contributed by atoms with van der Waals surface area (Å²) in [5.41, 5.74) is 4.51. The van der Waals surface area contributed by atoms with Crippen molar-refractivity contribution in [2.24, 2.45) is 5.92 Å². The fourth-order valence-corrected chi connectivity index (χ4v) is 5.66. The zero-order chi connectivity index (χ0) is 19.3. The molecule has 1 atom stereocenters. The van der Waals surface area contributed by atoms with Gasteiger partial charge in [0.15, 0.2) is 0 Å². The van der Waals surface area contributed by atoms with Crippen molar-refractivity contribution in [1.29, 1.82) is 0 Å². The van der Waals surface area contributed by atoms with Crippen molar-refractivity contribution in [2.75, 3.05) is 6.54 Å². The minimum Gasteiger partial charge on any atom is -0.313 e. The molecule has 0 radical (unpaired) electrons. The van der Waals surface area contributed by atoms with Gasteiger partial charge in [0, 0.05) is 17.6 Å². The van der Waals surface area contributed by atoms with Gasteiger partial charge in [-0.15, -0.1) is 0 Å². The number of aryl methyl sites for hydroxylation is 2. The molecule has 0 amide bonds. The number of hydrogen-bond acceptors (Lipinski definition) is 3. The molecular formula is C23H26N2O2S. The molecule has 2 aliphatic carbocycles. The minimum absolute atomic E-state index is 0.331. The van der Waals surface area contributed by atoms with Crippen LogP contribution in [0.1, 0.15) is 36.0 Å². The van der Waals surface area contributed by atoms with E-state index in [9.17, 15) is 8.42 Å². The minimum atomic E-state index is -3.59. The second-order valence-electron chi connectivity index (χ2n) is 8.36. The molecule has 5 rings (SSSR count). The van der Waals surface area contributed by atoms with E-state index in [2.05, 4.69) is 11.4 Å². The normalized spacial score (nSPS) is 19.7. The van der Waals surface area contributed by atoms with Crippen molar-refractivity contribution in [3.8, 4) is 0 Å². The smallest absolute Gasteiger partial charge is 0.268 e. The van der Waals surface area contributed by atoms with Gasteiger partial charge in [-0.05, 0) is 86.9 Å². The third-order valence-electron chi connectivity index (χ3n) is 6.23. The van der Waals surface area contributed by atoms with Crippen LogP contribution >= 0.6 is 0 Å². The van der Waals surface area contributed by atoms with E-state index < -0.39 is 10.0 Å². The van der Waals surface area contributed by atoms with Crippen LogP contribution in [0.15, 0.2) is 53.6 Å². The van der Waals surface area contributed by atoms with Crippen molar-refractivity contribution >= 4 is 20.9 Å². The molecule has 2 aromatic carbocycles. The monoisotopic (exact) mass is 394 g/mol. The molecule has 0 saturated heterocycles. The third kappa shape index (κ3) is 3.16. The topological polar surface area (TPSA) is 51.1 Å². The Kier molecular flexibility index (Phi) is 4.33. The van der Waals surface area contributed by atoms with Gasteiger partial charge in [-0.3, -0.25) is 0 Å². The van der Waals surface area contributed by atoms with Crippen LogP contribution in [0.2, 0.25) is 0 Å². The van der Waals surface area contributed by atoms with Gasteiger partial charge in [-0.25, -0.2) is 12.4 Å². The van der Waals surface area contributed by atoms with Gasteiger partial charge in [-0.1, -0.05) is 23.8 Å². The highest BCUT2D eigenvalue weighted by Gasteiger charge is 2.26. The quantitative estimate of drug-likeness (QED) is 0.710. The molecule has 0 bridgehead atoms. The van der Waals surface area contributed by atoms with E-state index >= 15 is 0 Å². The molecule has 146 valence electrons. The van der Waals surface area contributed by atoms with Crippen LogP contribution in [-0.2, 0) is 22.9 Å². The Hall–Kier alpha value is -2.11. The van der Waals surface area contributed by atoms with Crippen LogP contribution in [0.4, 0.5) is 0 Å². The van der Waals surface area contributed by atoms with Gasteiger partial charge in [0.1, 0.15) is 0 Å². The lowest BCUT2D eigenvalue weighted by atomic mass is 9.86. The molecule has 2 aliphatic rings. The van der Waals surface area contributed by atoms with Crippen LogP contribution < -0.4 is 5.32 Å². The van der Waals surface area contributed by atoms with Crippen molar-refractivity contribution in [3.63, 3.8) is 0 Å². The van der Waals surface area contributed by atoms with E-state index in [1.807, 2.05) is 31.2 Å². The molecule has 0 aliphatic heterocycles. The summed E-state index contributed by atoms with van der Waals surface area (Å²) in [6.07, 6.45) is 7.63. The molecule has 3 aromatic rings. The maximum Gasteiger partial charge on any atom is 0.268 e. The Balaban J connectivity index is 1.51. The van der Waals surface area contributed by atoms with Crippen LogP contribution in [0.25, 0.3) is 10.9 Å². The first-order valence-corrected chi connectivity index (χ1v) is 11.6. The van der Waals surface area contributed by atoms with E-state index in [0.717, 1.165) is 48.2 Å². The van der Waals surface area contributed by atoms with Crippen molar-refractivity contribution in [3.05, 3.63) is 65.4 Å². The first kappa shape index (κ1) is 18.0. The molecule has 1 fully saturated rings. The molecule has 1 heterocycles. The molecule has 1 N–H and O–H groups in total. The Morgan fingerprint density at radius 1 is 1.04 bits per heavy atom. The van der Waals surface area contributed by atoms with E-state index in [-0.39, 0.29) is 0 Å². The lowest BCUT2D eigenvalue weighted by molar-refractivity contribution is 0.450. The fourth-order valence-electron chi connectivity index (χ4n) is 4.31. The summed E-state index contributed by atoms with van der Waals surface area (Å²) >= 11 is 0. The summed E-state index contributed by atoms with van der Waals surface area (Å²) < 4.78 is 27.8. The highest BCUT2D eigenvalue weighted by molar-refractivity contribution is 7.90. The van der Waals surface area contributed by atoms with Gasteiger partial charge in [-0.2, -0.15) is 0 Å². The van der Waals surface area contributed by atoms with E-state index in [1.165, 1.54) is 27.9 Å². The molecule has 0 spiro atoms. The maximum atomic E-state index is 13.2. The maximum absolute atomic E-state index is 13.2. The summed E-state index contributed by atoms with van der Waals surface area (Å²) in [5.74, 6) is 0.873. The predicted molar refractivity (Wildman–Crippen MR) is 112 cm³/mol. The second-order valence-corrected chi connectivity index (χ2v) is 10.2. The lowest BCUT2D eigenvalue weighted by Crippen LogP contribution is -2.35. The number of hydrogen-bond donors (Lipinski definition) is 1. The second kappa shape index (κ2) is 6.75. The van der Waals surface area contributed by atoms with Crippen LogP contribution in [-0.4, -0.2) is 25.0 Å². The summed E-state index contributed by atoms with van der Waals surface area (Å²) in [5, 5.41) is 4.81. The van der Waals surface area contributed by atoms with Gasteiger partial charge in [0.2, 0.25) is 0 Å². The summed E-state index contributed by atoms with van der Waals surface area (Å²) in [4.78, 5) is 0.331. The number of aromatic nitrogens is 1. The van der Waals surface area contributed by atoms with Crippen molar-refractivity contribution in [2.45, 2.75) is 50.0 Å². The zero-order valence-corrected chi connectivity index (χ0v) is 17.0. The average Bonchev–Trinajstić information content (AvgIpc) is 3.42. The standard InChI is InChI=1S/C23H26N2O2S/c1-16-2-9-20(10-3-16)28(26,27)25-13-12-21-22-14-19(24-15-17-4-5-17)8-6-18(22)7-11-23(21)25/h2-3,7,9-13,17,19,24H,4-6,8,14-15H2,1H3. The van der Waals surface area contributed by atoms with Gasteiger partial charge in [0.25, 0.3) is 10.0 Å². The SMILES string of the molecule is Cc1ccc(S(=O)(=O)n2ccc3c4c(ccc32)CCC(NCC2CC2)C4)cc1. The van der Waals surface area contributed by atoms with E-state index in [0.29, 0.717) is 10.9 Å². The van der Waals surface area contributed by atoms with Crippen molar-refractivity contribution < 1.29 is 8.42 Å². The summed E-state index contributed by atoms with van der Waals surface area (Å²) in [7, 11) is -3.59. The molecule has 5 heteroatoms. The van der Waals surface area contributed by atoms with Gasteiger partial charge >= 0.3 is 0 Å². The van der Waals surface area contributed by atoms with Crippen LogP contribution in [0, 0.1) is 12.8 Å². The lowest BCUT2D eigenvalue weighted by Gasteiger charge is -2.26.